The lowest BCUT2D eigenvalue weighted by atomic mass is 10.2. The molecule has 2 aromatic carbocycles. The number of carbonyl (C=O) groups excluding carboxylic acids is 1. The normalized spacial score (nSPS) is 11.7. The minimum atomic E-state index is -0.668. The molecule has 24 heavy (non-hydrogen) atoms. The molecular weight excluding hydrogens is 351 g/mol. The number of fused-ring (bicyclic) bond motifs is 1. The summed E-state index contributed by atoms with van der Waals surface area (Å²) in [7, 11) is 1.55. The number of carbonyl (C=O) groups is 1. The molecule has 0 radical (unpaired) electrons. The number of hydrogen-bond donors (Lipinski definition) is 1. The molecule has 3 aromatic rings. The molecule has 122 valence electrons. The number of halogens is 2. The number of ether oxygens (including phenoxy) is 1. The van der Waals surface area contributed by atoms with Crippen LogP contribution in [-0.2, 0) is 0 Å². The van der Waals surface area contributed by atoms with Gasteiger partial charge in [-0.2, -0.15) is 0 Å². The molecule has 1 heterocycles. The van der Waals surface area contributed by atoms with Crippen LogP contribution in [0.5, 0.6) is 5.75 Å². The molecular formula is C17H12Cl2N2O3. The lowest BCUT2D eigenvalue weighted by Gasteiger charge is -2.05. The lowest BCUT2D eigenvalue weighted by Crippen LogP contribution is -2.21. The van der Waals surface area contributed by atoms with Crippen LogP contribution in [0.2, 0.25) is 10.0 Å². The predicted molar refractivity (Wildman–Crippen MR) is 93.0 cm³/mol. The van der Waals surface area contributed by atoms with Gasteiger partial charge in [0.2, 0.25) is 5.55 Å². The molecule has 1 amide bonds. The lowest BCUT2D eigenvalue weighted by molar-refractivity contribution is 0.0996. The summed E-state index contributed by atoms with van der Waals surface area (Å²) in [6.07, 6.45) is 0. The van der Waals surface area contributed by atoms with Gasteiger partial charge < -0.3 is 14.9 Å². The molecule has 5 nitrogen and oxygen atoms in total. The fourth-order valence-electron chi connectivity index (χ4n) is 2.22. The SMILES string of the molecule is COc1cccc(N=c2oc3c(Cl)cc(Cl)cc3cc2C(N)=O)c1. The van der Waals surface area contributed by atoms with Crippen molar-refractivity contribution in [3.05, 3.63) is 63.6 Å². The number of methoxy groups -OCH3 is 1. The maximum atomic E-state index is 11.8. The Morgan fingerprint density at radius 3 is 2.71 bits per heavy atom. The van der Waals surface area contributed by atoms with Crippen molar-refractivity contribution in [1.29, 1.82) is 0 Å². The smallest absolute Gasteiger partial charge is 0.254 e. The summed E-state index contributed by atoms with van der Waals surface area (Å²) in [6.45, 7) is 0. The summed E-state index contributed by atoms with van der Waals surface area (Å²) in [5, 5.41) is 1.30. The number of nitrogens with two attached hydrogens (primary N) is 1. The highest BCUT2D eigenvalue weighted by Crippen LogP contribution is 2.27. The summed E-state index contributed by atoms with van der Waals surface area (Å²) >= 11 is 12.1. The fraction of sp³-hybridized carbons (Fsp3) is 0.0588. The average molecular weight is 363 g/mol. The minimum Gasteiger partial charge on any atom is -0.497 e. The third-order valence-corrected chi connectivity index (χ3v) is 3.81. The van der Waals surface area contributed by atoms with Gasteiger partial charge in [-0.1, -0.05) is 29.3 Å². The third kappa shape index (κ3) is 3.22. The van der Waals surface area contributed by atoms with Crippen LogP contribution in [0, 0.1) is 0 Å². The first-order valence-electron chi connectivity index (χ1n) is 6.89. The van der Waals surface area contributed by atoms with E-state index in [9.17, 15) is 4.79 Å². The second-order valence-corrected chi connectivity index (χ2v) is 5.79. The van der Waals surface area contributed by atoms with Crippen molar-refractivity contribution in [2.45, 2.75) is 0 Å². The molecule has 0 aliphatic heterocycles. The van der Waals surface area contributed by atoms with Gasteiger partial charge in [-0.15, -0.1) is 0 Å². The van der Waals surface area contributed by atoms with Crippen molar-refractivity contribution < 1.29 is 13.9 Å². The molecule has 0 fully saturated rings. The number of primary amides is 1. The van der Waals surface area contributed by atoms with Crippen LogP contribution in [0.3, 0.4) is 0 Å². The highest BCUT2D eigenvalue weighted by Gasteiger charge is 2.12. The van der Waals surface area contributed by atoms with Crippen LogP contribution < -0.4 is 16.0 Å². The van der Waals surface area contributed by atoms with Gasteiger partial charge in [-0.3, -0.25) is 4.79 Å². The second-order valence-electron chi connectivity index (χ2n) is 4.95. The summed E-state index contributed by atoms with van der Waals surface area (Å²) in [6, 6.07) is 11.7. The molecule has 3 rings (SSSR count). The van der Waals surface area contributed by atoms with E-state index in [4.69, 9.17) is 38.1 Å². The van der Waals surface area contributed by atoms with Gasteiger partial charge in [0.1, 0.15) is 11.3 Å². The Morgan fingerprint density at radius 1 is 1.21 bits per heavy atom. The van der Waals surface area contributed by atoms with Crippen molar-refractivity contribution in [3.63, 3.8) is 0 Å². The maximum Gasteiger partial charge on any atom is 0.254 e. The Labute approximate surface area is 147 Å². The molecule has 0 atom stereocenters. The third-order valence-electron chi connectivity index (χ3n) is 3.32. The molecule has 0 spiro atoms. The van der Waals surface area contributed by atoms with E-state index in [1.54, 1.807) is 49.6 Å². The molecule has 2 N–H and O–H groups in total. The summed E-state index contributed by atoms with van der Waals surface area (Å²) < 4.78 is 10.9. The monoisotopic (exact) mass is 362 g/mol. The summed E-state index contributed by atoms with van der Waals surface area (Å²) in [4.78, 5) is 16.1. The minimum absolute atomic E-state index is 0.0625. The summed E-state index contributed by atoms with van der Waals surface area (Å²) in [5.74, 6) is -0.0409. The van der Waals surface area contributed by atoms with Crippen LogP contribution in [0.4, 0.5) is 5.69 Å². The Morgan fingerprint density at radius 2 is 2.00 bits per heavy atom. The highest BCUT2D eigenvalue weighted by molar-refractivity contribution is 6.38. The zero-order chi connectivity index (χ0) is 17.3. The first kappa shape index (κ1) is 16.4. The average Bonchev–Trinajstić information content (AvgIpc) is 2.55. The first-order chi connectivity index (χ1) is 11.5. The molecule has 0 bridgehead atoms. The van der Waals surface area contributed by atoms with E-state index in [0.717, 1.165) is 0 Å². The van der Waals surface area contributed by atoms with Gasteiger partial charge in [-0.25, -0.2) is 4.99 Å². The standard InChI is InChI=1S/C17H12Cl2N2O3/c1-23-12-4-2-3-11(8-12)21-17-13(16(20)22)6-9-5-10(18)7-14(19)15(9)24-17/h2-8H,1H3,(H2,20,22). The highest BCUT2D eigenvalue weighted by atomic mass is 35.5. The van der Waals surface area contributed by atoms with Crippen LogP contribution in [-0.4, -0.2) is 13.0 Å². The van der Waals surface area contributed by atoms with Crippen LogP contribution in [0.1, 0.15) is 10.4 Å². The van der Waals surface area contributed by atoms with E-state index in [1.165, 1.54) is 0 Å². The van der Waals surface area contributed by atoms with Crippen LogP contribution >= 0.6 is 23.2 Å². The number of amides is 1. The summed E-state index contributed by atoms with van der Waals surface area (Å²) in [5.41, 5.74) is 6.55. The van der Waals surface area contributed by atoms with E-state index < -0.39 is 5.91 Å². The topological polar surface area (TPSA) is 77.8 Å². The zero-order valence-corrected chi connectivity index (χ0v) is 14.1. The number of rotatable bonds is 3. The Hall–Kier alpha value is -2.50. The molecule has 1 aromatic heterocycles. The van der Waals surface area contributed by atoms with Crippen LogP contribution in [0.15, 0.2) is 51.9 Å². The van der Waals surface area contributed by atoms with Crippen molar-refractivity contribution in [1.82, 2.24) is 0 Å². The fourth-order valence-corrected chi connectivity index (χ4v) is 2.77. The van der Waals surface area contributed by atoms with Crippen molar-refractivity contribution in [2.24, 2.45) is 10.7 Å². The largest absolute Gasteiger partial charge is 0.497 e. The van der Waals surface area contributed by atoms with Gasteiger partial charge >= 0.3 is 0 Å². The number of nitrogens with zero attached hydrogens (tertiary/aromatic N) is 1. The van der Waals surface area contributed by atoms with E-state index >= 15 is 0 Å². The van der Waals surface area contributed by atoms with Crippen LogP contribution in [0.25, 0.3) is 11.0 Å². The first-order valence-corrected chi connectivity index (χ1v) is 7.65. The van der Waals surface area contributed by atoms with E-state index in [-0.39, 0.29) is 11.1 Å². The Balaban J connectivity index is 2.30. The zero-order valence-electron chi connectivity index (χ0n) is 12.5. The molecule has 0 saturated carbocycles. The quantitative estimate of drug-likeness (QED) is 0.762. The van der Waals surface area contributed by atoms with Gasteiger partial charge in [0.15, 0.2) is 5.58 Å². The predicted octanol–water partition coefficient (Wildman–Crippen LogP) is 4.08. The van der Waals surface area contributed by atoms with Gasteiger partial charge in [-0.05, 0) is 30.3 Å². The molecule has 0 unspecified atom stereocenters. The molecule has 0 aliphatic carbocycles. The Kier molecular flexibility index (Phi) is 4.46. The maximum absolute atomic E-state index is 11.8. The number of hydrogen-bond acceptors (Lipinski definition) is 4. The molecule has 0 saturated heterocycles. The van der Waals surface area contributed by atoms with E-state index in [2.05, 4.69) is 4.99 Å². The Bertz CT molecular complexity index is 1010. The van der Waals surface area contributed by atoms with Gasteiger partial charge in [0.05, 0.1) is 17.8 Å². The van der Waals surface area contributed by atoms with Crippen molar-refractivity contribution in [3.8, 4) is 5.75 Å². The van der Waals surface area contributed by atoms with E-state index in [1.807, 2.05) is 0 Å². The van der Waals surface area contributed by atoms with Gasteiger partial charge in [0.25, 0.3) is 5.91 Å². The molecule has 7 heteroatoms. The van der Waals surface area contributed by atoms with E-state index in [0.29, 0.717) is 32.5 Å². The van der Waals surface area contributed by atoms with Gasteiger partial charge in [0, 0.05) is 16.5 Å². The second kappa shape index (κ2) is 6.55. The van der Waals surface area contributed by atoms with Crippen molar-refractivity contribution >= 4 is 45.8 Å². The molecule has 0 aliphatic rings. The number of benzene rings is 2. The van der Waals surface area contributed by atoms with Crippen molar-refractivity contribution in [2.75, 3.05) is 7.11 Å².